The number of aryl methyl sites for hydroxylation is 1. The maximum absolute atomic E-state index is 4.38. The van der Waals surface area contributed by atoms with Gasteiger partial charge in [0, 0.05) is 24.7 Å². The molecule has 0 unspecified atom stereocenters. The van der Waals surface area contributed by atoms with Gasteiger partial charge in [0.1, 0.15) is 12.2 Å². The van der Waals surface area contributed by atoms with Crippen LogP contribution in [-0.4, -0.2) is 31.5 Å². The maximum atomic E-state index is 4.38. The number of rotatable bonds is 6. The Morgan fingerprint density at radius 3 is 2.84 bits per heavy atom. The van der Waals surface area contributed by atoms with E-state index < -0.39 is 0 Å². The minimum Gasteiger partial charge on any atom is -0.313 e. The van der Waals surface area contributed by atoms with Crippen LogP contribution in [0.25, 0.3) is 0 Å². The molecular formula is C13H22N6. The molecule has 2 aromatic heterocycles. The van der Waals surface area contributed by atoms with Crippen molar-refractivity contribution >= 4 is 0 Å². The summed E-state index contributed by atoms with van der Waals surface area (Å²) in [6, 6.07) is 0. The van der Waals surface area contributed by atoms with Crippen LogP contribution in [0, 0.1) is 0 Å². The molecule has 0 aliphatic carbocycles. The van der Waals surface area contributed by atoms with E-state index >= 15 is 0 Å². The van der Waals surface area contributed by atoms with Crippen molar-refractivity contribution < 1.29 is 0 Å². The molecule has 6 heteroatoms. The van der Waals surface area contributed by atoms with Gasteiger partial charge in [-0.1, -0.05) is 0 Å². The number of H-pyrrole nitrogens is 1. The van der Waals surface area contributed by atoms with Crippen molar-refractivity contribution in [1.29, 1.82) is 0 Å². The largest absolute Gasteiger partial charge is 0.313 e. The highest BCUT2D eigenvalue weighted by Gasteiger charge is 2.13. The van der Waals surface area contributed by atoms with Gasteiger partial charge in [-0.3, -0.25) is 9.78 Å². The highest BCUT2D eigenvalue weighted by molar-refractivity contribution is 5.04. The Morgan fingerprint density at radius 2 is 2.21 bits per heavy atom. The second-order valence-corrected chi connectivity index (χ2v) is 5.68. The summed E-state index contributed by atoms with van der Waals surface area (Å²) in [4.78, 5) is 4.09. The molecular weight excluding hydrogens is 240 g/mol. The van der Waals surface area contributed by atoms with Crippen molar-refractivity contribution in [3.05, 3.63) is 30.1 Å². The minimum atomic E-state index is 0.0462. The number of aromatic amines is 1. The van der Waals surface area contributed by atoms with Crippen molar-refractivity contribution in [1.82, 2.24) is 30.3 Å². The predicted molar refractivity (Wildman–Crippen MR) is 73.6 cm³/mol. The molecule has 2 heterocycles. The van der Waals surface area contributed by atoms with Crippen LogP contribution in [0.5, 0.6) is 0 Å². The van der Waals surface area contributed by atoms with Gasteiger partial charge in [-0.2, -0.15) is 10.2 Å². The van der Waals surface area contributed by atoms with E-state index in [1.807, 2.05) is 10.9 Å². The maximum Gasteiger partial charge on any atom is 0.137 e. The molecule has 0 aliphatic heterocycles. The Bertz CT molecular complexity index is 479. The molecule has 2 aromatic rings. The van der Waals surface area contributed by atoms with Crippen LogP contribution >= 0.6 is 0 Å². The number of aromatic nitrogens is 5. The van der Waals surface area contributed by atoms with Gasteiger partial charge < -0.3 is 5.32 Å². The molecule has 0 saturated carbocycles. The third-order valence-electron chi connectivity index (χ3n) is 2.88. The van der Waals surface area contributed by atoms with Gasteiger partial charge in [-0.05, 0) is 33.7 Å². The molecule has 0 fully saturated rings. The average molecular weight is 262 g/mol. The van der Waals surface area contributed by atoms with E-state index in [9.17, 15) is 0 Å². The van der Waals surface area contributed by atoms with E-state index in [4.69, 9.17) is 0 Å². The standard InChI is InChI=1S/C13H22N6/c1-13(2,3)19-9-11(8-17-19)7-14-6-4-5-12-15-10-16-18-12/h8-10,14H,4-7H2,1-3H3,(H,15,16,18). The quantitative estimate of drug-likeness (QED) is 0.774. The van der Waals surface area contributed by atoms with Crippen LogP contribution in [0.3, 0.4) is 0 Å². The average Bonchev–Trinajstić information content (AvgIpc) is 2.97. The lowest BCUT2D eigenvalue weighted by Gasteiger charge is -2.18. The lowest BCUT2D eigenvalue weighted by molar-refractivity contribution is 0.355. The van der Waals surface area contributed by atoms with Crippen LogP contribution in [0.4, 0.5) is 0 Å². The molecule has 2 N–H and O–H groups in total. The topological polar surface area (TPSA) is 71.4 Å². The van der Waals surface area contributed by atoms with Crippen LogP contribution in [0.2, 0.25) is 0 Å². The third-order valence-corrected chi connectivity index (χ3v) is 2.88. The van der Waals surface area contributed by atoms with Gasteiger partial charge in [0.2, 0.25) is 0 Å². The Morgan fingerprint density at radius 1 is 1.37 bits per heavy atom. The first kappa shape index (κ1) is 13.7. The van der Waals surface area contributed by atoms with Crippen molar-refractivity contribution in [2.45, 2.75) is 45.7 Å². The van der Waals surface area contributed by atoms with Crippen LogP contribution in [-0.2, 0) is 18.5 Å². The molecule has 104 valence electrons. The summed E-state index contributed by atoms with van der Waals surface area (Å²) < 4.78 is 2.00. The fraction of sp³-hybridized carbons (Fsp3) is 0.615. The number of nitrogens with one attached hydrogen (secondary N) is 2. The summed E-state index contributed by atoms with van der Waals surface area (Å²) in [6.45, 7) is 8.26. The number of hydrogen-bond donors (Lipinski definition) is 2. The molecule has 19 heavy (non-hydrogen) atoms. The Kier molecular flexibility index (Phi) is 4.31. The molecule has 0 atom stereocenters. The van der Waals surface area contributed by atoms with Gasteiger partial charge in [0.05, 0.1) is 11.7 Å². The third kappa shape index (κ3) is 4.17. The molecule has 6 nitrogen and oxygen atoms in total. The van der Waals surface area contributed by atoms with E-state index in [1.54, 1.807) is 6.33 Å². The van der Waals surface area contributed by atoms with E-state index in [2.05, 4.69) is 52.6 Å². The van der Waals surface area contributed by atoms with Gasteiger partial charge in [-0.25, -0.2) is 4.98 Å². The van der Waals surface area contributed by atoms with Crippen molar-refractivity contribution in [2.75, 3.05) is 6.54 Å². The molecule has 2 rings (SSSR count). The van der Waals surface area contributed by atoms with Crippen LogP contribution in [0.1, 0.15) is 38.6 Å². The van der Waals surface area contributed by atoms with E-state index in [0.717, 1.165) is 31.8 Å². The highest BCUT2D eigenvalue weighted by Crippen LogP contribution is 2.12. The summed E-state index contributed by atoms with van der Waals surface area (Å²) in [5.74, 6) is 0.947. The monoisotopic (exact) mass is 262 g/mol. The highest BCUT2D eigenvalue weighted by atomic mass is 15.3. The van der Waals surface area contributed by atoms with E-state index in [1.165, 1.54) is 5.56 Å². The van der Waals surface area contributed by atoms with Crippen LogP contribution < -0.4 is 5.32 Å². The zero-order valence-corrected chi connectivity index (χ0v) is 11.8. The van der Waals surface area contributed by atoms with Crippen molar-refractivity contribution in [2.24, 2.45) is 0 Å². The first-order valence-corrected chi connectivity index (χ1v) is 6.65. The molecule has 0 aliphatic rings. The fourth-order valence-corrected chi connectivity index (χ4v) is 1.78. The summed E-state index contributed by atoms with van der Waals surface area (Å²) in [6.07, 6.45) is 7.54. The van der Waals surface area contributed by atoms with E-state index in [-0.39, 0.29) is 5.54 Å². The zero-order valence-electron chi connectivity index (χ0n) is 11.8. The SMILES string of the molecule is CC(C)(C)n1cc(CNCCCc2ncn[nH]2)cn1. The van der Waals surface area contributed by atoms with Gasteiger partial charge in [0.15, 0.2) is 0 Å². The summed E-state index contributed by atoms with van der Waals surface area (Å²) in [5.41, 5.74) is 1.26. The molecule has 0 saturated heterocycles. The lowest BCUT2D eigenvalue weighted by Crippen LogP contribution is -2.22. The smallest absolute Gasteiger partial charge is 0.137 e. The normalized spacial score (nSPS) is 11.9. The Labute approximate surface area is 113 Å². The zero-order chi connectivity index (χ0) is 13.7. The fourth-order valence-electron chi connectivity index (χ4n) is 1.78. The first-order chi connectivity index (χ1) is 9.05. The summed E-state index contributed by atoms with van der Waals surface area (Å²) in [5, 5.41) is 14.5. The van der Waals surface area contributed by atoms with Gasteiger partial charge >= 0.3 is 0 Å². The van der Waals surface area contributed by atoms with Gasteiger partial charge in [0.25, 0.3) is 0 Å². The lowest BCUT2D eigenvalue weighted by atomic mass is 10.1. The molecule has 0 aromatic carbocycles. The van der Waals surface area contributed by atoms with Gasteiger partial charge in [-0.15, -0.1) is 0 Å². The first-order valence-electron chi connectivity index (χ1n) is 6.65. The second kappa shape index (κ2) is 5.97. The predicted octanol–water partition coefficient (Wildman–Crippen LogP) is 1.48. The molecule has 0 amide bonds. The summed E-state index contributed by atoms with van der Waals surface area (Å²) in [7, 11) is 0. The number of nitrogens with zero attached hydrogens (tertiary/aromatic N) is 4. The van der Waals surface area contributed by atoms with E-state index in [0.29, 0.717) is 0 Å². The Balaban J connectivity index is 1.67. The summed E-state index contributed by atoms with van der Waals surface area (Å²) >= 11 is 0. The molecule has 0 bridgehead atoms. The Hall–Kier alpha value is -1.69. The van der Waals surface area contributed by atoms with Crippen LogP contribution in [0.15, 0.2) is 18.7 Å². The molecule has 0 radical (unpaired) electrons. The second-order valence-electron chi connectivity index (χ2n) is 5.68. The minimum absolute atomic E-state index is 0.0462. The van der Waals surface area contributed by atoms with Crippen molar-refractivity contribution in [3.63, 3.8) is 0 Å². The number of hydrogen-bond acceptors (Lipinski definition) is 4. The molecule has 0 spiro atoms. The van der Waals surface area contributed by atoms with Crippen molar-refractivity contribution in [3.8, 4) is 0 Å².